The van der Waals surface area contributed by atoms with E-state index in [-0.39, 0.29) is 30.8 Å². The first-order chi connectivity index (χ1) is 21.4. The predicted molar refractivity (Wildman–Crippen MR) is 152 cm³/mol. The molecule has 1 unspecified atom stereocenters. The standard InChI is InChI=1S/C31H25F4N3O7/c32-30(33)31(34,35)45-25-16-22(10-12-24(25)44-30)27(19-5-7-20(8-6-19)28(41)36-14-13-26(39)40)38-29(42)37-17-43-23-11-9-18-3-1-2-4-21(18)15-23/h1-12,15-16,27H,13-14,17H2,(H,36,41)(H,39,40)(H2,37,38,42). The fraction of sp³-hybridized carbons (Fsp3) is 0.194. The monoisotopic (exact) mass is 627 g/mol. The summed E-state index contributed by atoms with van der Waals surface area (Å²) in [7, 11) is 0. The Bertz CT molecular complexity index is 1730. The molecular weight excluding hydrogens is 602 g/mol. The molecule has 0 fully saturated rings. The normalized spacial score (nSPS) is 15.0. The Labute approximate surface area is 252 Å². The van der Waals surface area contributed by atoms with Gasteiger partial charge in [-0.3, -0.25) is 9.59 Å². The number of benzene rings is 4. The zero-order chi connectivity index (χ0) is 32.2. The molecule has 4 aromatic carbocycles. The summed E-state index contributed by atoms with van der Waals surface area (Å²) in [6, 6.07) is 20.3. The van der Waals surface area contributed by atoms with Crippen LogP contribution >= 0.6 is 0 Å². The number of halogens is 4. The molecule has 1 heterocycles. The largest absolute Gasteiger partial charge is 0.507 e. The molecule has 0 aliphatic carbocycles. The van der Waals surface area contributed by atoms with Crippen LogP contribution in [0.4, 0.5) is 22.4 Å². The van der Waals surface area contributed by atoms with Crippen LogP contribution in [0.1, 0.15) is 33.9 Å². The molecule has 1 atom stereocenters. The van der Waals surface area contributed by atoms with Crippen molar-refractivity contribution in [2.24, 2.45) is 0 Å². The minimum atomic E-state index is -4.95. The molecule has 0 aromatic heterocycles. The summed E-state index contributed by atoms with van der Waals surface area (Å²) in [6.07, 6.45) is -10.1. The molecule has 4 aromatic rings. The van der Waals surface area contributed by atoms with E-state index in [1.165, 1.54) is 30.3 Å². The number of amides is 3. The number of nitrogens with one attached hydrogen (secondary N) is 3. The molecule has 0 saturated heterocycles. The number of rotatable bonds is 10. The van der Waals surface area contributed by atoms with E-state index in [4.69, 9.17) is 9.84 Å². The lowest BCUT2D eigenvalue weighted by Gasteiger charge is -2.32. The third-order valence-electron chi connectivity index (χ3n) is 6.71. The van der Waals surface area contributed by atoms with Gasteiger partial charge in [0.05, 0.1) is 12.5 Å². The van der Waals surface area contributed by atoms with Crippen LogP contribution in [0.15, 0.2) is 84.9 Å². The van der Waals surface area contributed by atoms with Gasteiger partial charge in [0.25, 0.3) is 5.91 Å². The summed E-state index contributed by atoms with van der Waals surface area (Å²) in [5.74, 6) is -2.44. The van der Waals surface area contributed by atoms with Crippen LogP contribution in [-0.2, 0) is 4.79 Å². The fourth-order valence-electron chi connectivity index (χ4n) is 4.46. The molecular formula is C31H25F4N3O7. The minimum absolute atomic E-state index is 0.0948. The lowest BCUT2D eigenvalue weighted by Crippen LogP contribution is -2.52. The van der Waals surface area contributed by atoms with E-state index < -0.39 is 47.7 Å². The Kier molecular flexibility index (Phi) is 8.66. The lowest BCUT2D eigenvalue weighted by molar-refractivity contribution is -0.391. The molecule has 3 amide bonds. The summed E-state index contributed by atoms with van der Waals surface area (Å²) in [5, 5.41) is 18.4. The maximum atomic E-state index is 13.9. The molecule has 0 saturated carbocycles. The molecule has 1 aliphatic heterocycles. The molecule has 0 bridgehead atoms. The number of carboxylic acids is 1. The average Bonchev–Trinajstić information content (AvgIpc) is 3.00. The van der Waals surface area contributed by atoms with Gasteiger partial charge in [0.1, 0.15) is 5.75 Å². The van der Waals surface area contributed by atoms with Crippen LogP contribution in [0.5, 0.6) is 17.2 Å². The molecule has 0 radical (unpaired) electrons. The first-order valence-corrected chi connectivity index (χ1v) is 13.5. The molecule has 234 valence electrons. The summed E-state index contributed by atoms with van der Waals surface area (Å²) in [4.78, 5) is 36.0. The predicted octanol–water partition coefficient (Wildman–Crippen LogP) is 5.43. The number of ether oxygens (including phenoxy) is 3. The second-order valence-corrected chi connectivity index (χ2v) is 9.85. The summed E-state index contributed by atoms with van der Waals surface area (Å²) in [6.45, 7) is -0.336. The highest BCUT2D eigenvalue weighted by Crippen LogP contribution is 2.47. The maximum Gasteiger partial charge on any atom is 0.507 e. The smallest absolute Gasteiger partial charge is 0.481 e. The Balaban J connectivity index is 1.34. The van der Waals surface area contributed by atoms with Crippen molar-refractivity contribution in [1.82, 2.24) is 16.0 Å². The van der Waals surface area contributed by atoms with E-state index in [0.717, 1.165) is 22.9 Å². The highest BCUT2D eigenvalue weighted by atomic mass is 19.3. The van der Waals surface area contributed by atoms with Crippen LogP contribution in [-0.4, -0.2) is 48.5 Å². The summed E-state index contributed by atoms with van der Waals surface area (Å²) < 4.78 is 69.2. The minimum Gasteiger partial charge on any atom is -0.481 e. The van der Waals surface area contributed by atoms with Crippen molar-refractivity contribution in [3.8, 4) is 17.2 Å². The molecule has 10 nitrogen and oxygen atoms in total. The van der Waals surface area contributed by atoms with E-state index in [2.05, 4.69) is 25.4 Å². The number of aliphatic carboxylic acids is 1. The van der Waals surface area contributed by atoms with E-state index in [1.807, 2.05) is 30.3 Å². The first-order valence-electron chi connectivity index (χ1n) is 13.5. The Morgan fingerprint density at radius 2 is 1.44 bits per heavy atom. The highest BCUT2D eigenvalue weighted by molar-refractivity contribution is 5.94. The van der Waals surface area contributed by atoms with Gasteiger partial charge in [-0.05, 0) is 58.3 Å². The van der Waals surface area contributed by atoms with Crippen molar-refractivity contribution in [3.63, 3.8) is 0 Å². The number of fused-ring (bicyclic) bond motifs is 2. The number of carboxylic acid groups (broad SMARTS) is 1. The molecule has 14 heteroatoms. The Morgan fingerprint density at radius 1 is 0.778 bits per heavy atom. The van der Waals surface area contributed by atoms with Crippen LogP contribution in [0.3, 0.4) is 0 Å². The number of carbonyl (C=O) groups is 3. The van der Waals surface area contributed by atoms with Crippen LogP contribution < -0.4 is 30.2 Å². The molecule has 5 rings (SSSR count). The van der Waals surface area contributed by atoms with Crippen molar-refractivity contribution in [2.45, 2.75) is 24.7 Å². The topological polar surface area (TPSA) is 135 Å². The van der Waals surface area contributed by atoms with Crippen molar-refractivity contribution < 1.29 is 51.3 Å². The second kappa shape index (κ2) is 12.6. The van der Waals surface area contributed by atoms with E-state index in [0.29, 0.717) is 11.3 Å². The van der Waals surface area contributed by atoms with Crippen LogP contribution in [0, 0.1) is 0 Å². The maximum absolute atomic E-state index is 13.9. The van der Waals surface area contributed by atoms with Gasteiger partial charge in [-0.1, -0.05) is 48.5 Å². The summed E-state index contributed by atoms with van der Waals surface area (Å²) in [5.41, 5.74) is 0.708. The zero-order valence-corrected chi connectivity index (χ0v) is 23.2. The second-order valence-electron chi connectivity index (χ2n) is 9.85. The van der Waals surface area contributed by atoms with Gasteiger partial charge in [0, 0.05) is 12.1 Å². The number of carbonyl (C=O) groups excluding carboxylic acids is 2. The first kappa shape index (κ1) is 30.9. The van der Waals surface area contributed by atoms with Gasteiger partial charge in [-0.25, -0.2) is 4.79 Å². The molecule has 45 heavy (non-hydrogen) atoms. The van der Waals surface area contributed by atoms with Crippen LogP contribution in [0.25, 0.3) is 10.8 Å². The van der Waals surface area contributed by atoms with Crippen molar-refractivity contribution in [2.75, 3.05) is 13.3 Å². The SMILES string of the molecule is O=C(O)CCNC(=O)c1ccc(C(NC(=O)NCOc2ccc3ccccc3c2)c2ccc3c(c2)OC(F)(F)C(F)(F)O3)cc1. The van der Waals surface area contributed by atoms with E-state index >= 15 is 0 Å². The number of alkyl halides is 4. The van der Waals surface area contributed by atoms with Gasteiger partial charge >= 0.3 is 24.2 Å². The summed E-state index contributed by atoms with van der Waals surface area (Å²) >= 11 is 0. The quantitative estimate of drug-likeness (QED) is 0.136. The van der Waals surface area contributed by atoms with Crippen molar-refractivity contribution >= 4 is 28.7 Å². The van der Waals surface area contributed by atoms with Crippen molar-refractivity contribution in [3.05, 3.63) is 102 Å². The molecule has 1 aliphatic rings. The fourth-order valence-corrected chi connectivity index (χ4v) is 4.46. The van der Waals surface area contributed by atoms with E-state index in [1.54, 1.807) is 12.1 Å². The van der Waals surface area contributed by atoms with Crippen molar-refractivity contribution in [1.29, 1.82) is 0 Å². The third-order valence-corrected chi connectivity index (χ3v) is 6.71. The number of urea groups is 1. The van der Waals surface area contributed by atoms with Gasteiger partial charge in [-0.2, -0.15) is 17.6 Å². The van der Waals surface area contributed by atoms with Crippen LogP contribution in [0.2, 0.25) is 0 Å². The molecule has 4 N–H and O–H groups in total. The Morgan fingerprint density at radius 3 is 2.16 bits per heavy atom. The van der Waals surface area contributed by atoms with Gasteiger partial charge in [-0.15, -0.1) is 0 Å². The Hall–Kier alpha value is -5.53. The van der Waals surface area contributed by atoms with Gasteiger partial charge in [0.15, 0.2) is 18.2 Å². The third kappa shape index (κ3) is 7.17. The van der Waals surface area contributed by atoms with E-state index in [9.17, 15) is 31.9 Å². The lowest BCUT2D eigenvalue weighted by atomic mass is 9.97. The van der Waals surface area contributed by atoms with Gasteiger partial charge in [0.2, 0.25) is 0 Å². The number of hydrogen-bond acceptors (Lipinski definition) is 6. The zero-order valence-electron chi connectivity index (χ0n) is 23.2. The number of hydrogen-bond donors (Lipinski definition) is 4. The highest BCUT2D eigenvalue weighted by Gasteiger charge is 2.66. The average molecular weight is 628 g/mol. The van der Waals surface area contributed by atoms with Gasteiger partial charge < -0.3 is 35.3 Å². The molecule has 0 spiro atoms.